The predicted octanol–water partition coefficient (Wildman–Crippen LogP) is 3.21. The Morgan fingerprint density at radius 3 is 2.42 bits per heavy atom. The fraction of sp³-hybridized carbons (Fsp3) is 0.556. The Labute approximate surface area is 147 Å². The van der Waals surface area contributed by atoms with Crippen molar-refractivity contribution in [3.63, 3.8) is 0 Å². The fourth-order valence-electron chi connectivity index (χ4n) is 2.88. The van der Waals surface area contributed by atoms with Gasteiger partial charge in [0.1, 0.15) is 12.1 Å². The van der Waals surface area contributed by atoms with Crippen LogP contribution in [0.25, 0.3) is 0 Å². The van der Waals surface area contributed by atoms with Gasteiger partial charge in [-0.2, -0.15) is 0 Å². The van der Waals surface area contributed by atoms with Gasteiger partial charge in [0, 0.05) is 6.42 Å². The van der Waals surface area contributed by atoms with Gasteiger partial charge >= 0.3 is 11.9 Å². The summed E-state index contributed by atoms with van der Waals surface area (Å²) >= 11 is 5.87. The van der Waals surface area contributed by atoms with Crippen LogP contribution in [0, 0.1) is 5.92 Å². The maximum absolute atomic E-state index is 12.3. The first-order valence-electron chi connectivity index (χ1n) is 8.22. The maximum Gasteiger partial charge on any atom is 0.322 e. The molecule has 0 spiro atoms. The second-order valence-electron chi connectivity index (χ2n) is 6.79. The summed E-state index contributed by atoms with van der Waals surface area (Å²) < 4.78 is 6.63. The van der Waals surface area contributed by atoms with Crippen molar-refractivity contribution in [3.05, 3.63) is 35.4 Å². The molecule has 0 aliphatic carbocycles. The van der Waals surface area contributed by atoms with Crippen LogP contribution < -0.4 is 0 Å². The molecule has 1 unspecified atom stereocenters. The molecule has 6 heteroatoms. The van der Waals surface area contributed by atoms with Crippen LogP contribution in [0.1, 0.15) is 44.2 Å². The Morgan fingerprint density at radius 2 is 1.92 bits per heavy atom. The molecule has 1 aromatic carbocycles. The summed E-state index contributed by atoms with van der Waals surface area (Å²) in [4.78, 5) is 23.4. The number of carbonyl (C=O) groups excluding carboxylic acids is 1. The molecule has 1 saturated heterocycles. The summed E-state index contributed by atoms with van der Waals surface area (Å²) in [5.41, 5.74) is 2.13. The molecule has 1 heterocycles. The molecule has 3 atom stereocenters. The number of rotatable bonds is 6. The maximum atomic E-state index is 12.3. The average molecular weight is 354 g/mol. The van der Waals surface area contributed by atoms with Crippen LogP contribution in [0.4, 0.5) is 0 Å². The van der Waals surface area contributed by atoms with Crippen LogP contribution in [-0.2, 0) is 20.7 Å². The molecule has 0 bridgehead atoms. The molecule has 1 aliphatic heterocycles. The largest absolute Gasteiger partial charge is 0.480 e. The molecule has 2 rings (SSSR count). The van der Waals surface area contributed by atoms with E-state index >= 15 is 0 Å². The summed E-state index contributed by atoms with van der Waals surface area (Å²) in [7, 11) is 0. The summed E-state index contributed by atoms with van der Waals surface area (Å²) in [5.74, 6) is -1.17. The number of halogens is 1. The molecule has 24 heavy (non-hydrogen) atoms. The highest BCUT2D eigenvalue weighted by Crippen LogP contribution is 2.25. The topological polar surface area (TPSA) is 66.8 Å². The number of ether oxygens (including phenoxy) is 1. The molecule has 0 radical (unpaired) electrons. The van der Waals surface area contributed by atoms with E-state index in [1.807, 2.05) is 24.3 Å². The molecule has 1 fully saturated rings. The smallest absolute Gasteiger partial charge is 0.322 e. The molecular formula is C18H24ClNO4. The second-order valence-corrected chi connectivity index (χ2v) is 7.23. The first-order chi connectivity index (χ1) is 11.3. The van der Waals surface area contributed by atoms with Gasteiger partial charge in [-0.3, -0.25) is 9.59 Å². The molecule has 132 valence electrons. The quantitative estimate of drug-likeness (QED) is 0.628. The zero-order chi connectivity index (χ0) is 17.9. The molecule has 0 saturated carbocycles. The standard InChI is InChI=1S/C18H24ClNO4/c1-11(2)8-13-4-6-14(7-5-13)12(3)18(23)24-15-9-16(17(21)22)20(19)10-15/h4-7,11-12,15-16H,8-10H2,1-3H3,(H,21,22)/t12?,15-,16+/m1/s1. The number of hydrogen-bond donors (Lipinski definition) is 1. The van der Waals surface area contributed by atoms with Crippen molar-refractivity contribution in [3.8, 4) is 0 Å². The SMILES string of the molecule is CC(C)Cc1ccc(C(C)C(=O)O[C@@H]2C[C@@H](C(=O)O)N(Cl)C2)cc1. The number of esters is 1. The van der Waals surface area contributed by atoms with E-state index in [4.69, 9.17) is 21.6 Å². The van der Waals surface area contributed by atoms with Gasteiger partial charge in [-0.1, -0.05) is 38.1 Å². The number of carboxylic acid groups (broad SMARTS) is 1. The third-order valence-corrected chi connectivity index (χ3v) is 4.62. The summed E-state index contributed by atoms with van der Waals surface area (Å²) in [6.45, 7) is 6.35. The van der Waals surface area contributed by atoms with E-state index in [9.17, 15) is 9.59 Å². The zero-order valence-corrected chi connectivity index (χ0v) is 15.0. The number of carbonyl (C=O) groups is 2. The molecule has 1 aromatic rings. The normalized spacial score (nSPS) is 22.5. The lowest BCUT2D eigenvalue weighted by Gasteiger charge is -2.16. The Balaban J connectivity index is 1.94. The number of aliphatic carboxylic acids is 1. The Morgan fingerprint density at radius 1 is 1.29 bits per heavy atom. The van der Waals surface area contributed by atoms with Crippen LogP contribution >= 0.6 is 11.8 Å². The van der Waals surface area contributed by atoms with Crippen molar-refractivity contribution < 1.29 is 19.4 Å². The predicted molar refractivity (Wildman–Crippen MR) is 91.9 cm³/mol. The van der Waals surface area contributed by atoms with E-state index in [0.717, 1.165) is 12.0 Å². The minimum Gasteiger partial charge on any atom is -0.480 e. The highest BCUT2D eigenvalue weighted by atomic mass is 35.5. The Bertz CT molecular complexity index is 587. The second kappa shape index (κ2) is 7.99. The lowest BCUT2D eigenvalue weighted by molar-refractivity contribution is -0.150. The Hall–Kier alpha value is -1.59. The van der Waals surface area contributed by atoms with Crippen molar-refractivity contribution in [2.45, 2.75) is 51.7 Å². The van der Waals surface area contributed by atoms with Crippen molar-refractivity contribution in [1.29, 1.82) is 0 Å². The van der Waals surface area contributed by atoms with Crippen LogP contribution in [0.5, 0.6) is 0 Å². The van der Waals surface area contributed by atoms with E-state index in [1.54, 1.807) is 6.92 Å². The molecule has 0 amide bonds. The number of benzene rings is 1. The first kappa shape index (κ1) is 18.7. The van der Waals surface area contributed by atoms with Crippen molar-refractivity contribution in [1.82, 2.24) is 4.42 Å². The first-order valence-corrected chi connectivity index (χ1v) is 8.56. The van der Waals surface area contributed by atoms with E-state index in [-0.39, 0.29) is 18.9 Å². The van der Waals surface area contributed by atoms with Gasteiger partial charge in [-0.05, 0) is 42.2 Å². The van der Waals surface area contributed by atoms with Crippen molar-refractivity contribution in [2.24, 2.45) is 5.92 Å². The lowest BCUT2D eigenvalue weighted by Crippen LogP contribution is -2.28. The zero-order valence-electron chi connectivity index (χ0n) is 14.2. The van der Waals surface area contributed by atoms with Gasteiger partial charge in [-0.15, -0.1) is 0 Å². The van der Waals surface area contributed by atoms with Crippen LogP contribution in [0.2, 0.25) is 0 Å². The Kier molecular flexibility index (Phi) is 6.24. The van der Waals surface area contributed by atoms with E-state index in [1.165, 1.54) is 9.98 Å². The number of nitrogens with zero attached hydrogens (tertiary/aromatic N) is 1. The summed E-state index contributed by atoms with van der Waals surface area (Å²) in [6.07, 6.45) is 0.729. The van der Waals surface area contributed by atoms with Gasteiger partial charge < -0.3 is 9.84 Å². The van der Waals surface area contributed by atoms with E-state index in [2.05, 4.69) is 13.8 Å². The molecule has 0 aromatic heterocycles. The minimum absolute atomic E-state index is 0.213. The van der Waals surface area contributed by atoms with Crippen molar-refractivity contribution in [2.75, 3.05) is 6.54 Å². The van der Waals surface area contributed by atoms with Crippen LogP contribution in [-0.4, -0.2) is 40.2 Å². The van der Waals surface area contributed by atoms with Gasteiger partial charge in [-0.25, -0.2) is 4.42 Å². The average Bonchev–Trinajstić information content (AvgIpc) is 2.87. The van der Waals surface area contributed by atoms with Gasteiger partial charge in [0.15, 0.2) is 0 Å². The van der Waals surface area contributed by atoms with Gasteiger partial charge in [0.05, 0.1) is 12.5 Å². The van der Waals surface area contributed by atoms with Crippen LogP contribution in [0.15, 0.2) is 24.3 Å². The highest BCUT2D eigenvalue weighted by molar-refractivity contribution is 6.15. The number of carboxylic acids is 1. The van der Waals surface area contributed by atoms with E-state index in [0.29, 0.717) is 5.92 Å². The fourth-order valence-corrected chi connectivity index (χ4v) is 3.20. The molecule has 5 nitrogen and oxygen atoms in total. The van der Waals surface area contributed by atoms with Crippen molar-refractivity contribution >= 4 is 23.7 Å². The third kappa shape index (κ3) is 4.71. The van der Waals surface area contributed by atoms with Gasteiger partial charge in [0.2, 0.25) is 0 Å². The molecule has 1 N–H and O–H groups in total. The molecule has 1 aliphatic rings. The molecular weight excluding hydrogens is 330 g/mol. The van der Waals surface area contributed by atoms with E-state index < -0.39 is 24.0 Å². The summed E-state index contributed by atoms with van der Waals surface area (Å²) in [6, 6.07) is 7.17. The summed E-state index contributed by atoms with van der Waals surface area (Å²) in [5, 5.41) is 9.04. The highest BCUT2D eigenvalue weighted by Gasteiger charge is 2.38. The third-order valence-electron chi connectivity index (χ3n) is 4.25. The number of hydrogen-bond acceptors (Lipinski definition) is 4. The monoisotopic (exact) mass is 353 g/mol. The lowest BCUT2D eigenvalue weighted by atomic mass is 9.97. The van der Waals surface area contributed by atoms with Crippen LogP contribution in [0.3, 0.4) is 0 Å². The minimum atomic E-state index is -1.00. The van der Waals surface area contributed by atoms with Gasteiger partial charge in [0.25, 0.3) is 0 Å².